The zero-order chi connectivity index (χ0) is 17.1. The van der Waals surface area contributed by atoms with Crippen LogP contribution in [0.1, 0.15) is 15.9 Å². The average Bonchev–Trinajstić information content (AvgIpc) is 2.99. The largest absolute Gasteiger partial charge is 0.465 e. The number of aryl methyl sites for hydroxylation is 1. The molecule has 122 valence electrons. The third-order valence-corrected chi connectivity index (χ3v) is 3.74. The van der Waals surface area contributed by atoms with E-state index in [0.29, 0.717) is 11.3 Å². The second-order valence-electron chi connectivity index (χ2n) is 5.43. The van der Waals surface area contributed by atoms with Gasteiger partial charge in [0, 0.05) is 5.69 Å². The Kier molecular flexibility index (Phi) is 4.29. The predicted octanol–water partition coefficient (Wildman–Crippen LogP) is 2.77. The SMILES string of the molecule is COC(=O)c1ccc(NC(=O)Cn2cnc3cccc(C)c32)cc1. The smallest absolute Gasteiger partial charge is 0.337 e. The van der Waals surface area contributed by atoms with Crippen LogP contribution in [0, 0.1) is 6.92 Å². The van der Waals surface area contributed by atoms with Gasteiger partial charge < -0.3 is 14.6 Å². The normalized spacial score (nSPS) is 10.6. The van der Waals surface area contributed by atoms with Gasteiger partial charge in [-0.3, -0.25) is 4.79 Å². The number of methoxy groups -OCH3 is 1. The Balaban J connectivity index is 1.72. The number of imidazole rings is 1. The van der Waals surface area contributed by atoms with Crippen molar-refractivity contribution >= 4 is 28.6 Å². The van der Waals surface area contributed by atoms with Crippen LogP contribution < -0.4 is 5.32 Å². The van der Waals surface area contributed by atoms with E-state index in [1.807, 2.05) is 29.7 Å². The first-order chi connectivity index (χ1) is 11.6. The van der Waals surface area contributed by atoms with E-state index in [9.17, 15) is 9.59 Å². The van der Waals surface area contributed by atoms with Gasteiger partial charge in [-0.05, 0) is 42.8 Å². The van der Waals surface area contributed by atoms with E-state index in [0.717, 1.165) is 16.6 Å². The summed E-state index contributed by atoms with van der Waals surface area (Å²) in [6.07, 6.45) is 1.66. The lowest BCUT2D eigenvalue weighted by atomic mass is 10.2. The fourth-order valence-electron chi connectivity index (χ4n) is 2.59. The molecule has 3 aromatic rings. The van der Waals surface area contributed by atoms with Crippen molar-refractivity contribution in [1.82, 2.24) is 9.55 Å². The molecule has 0 spiro atoms. The zero-order valence-corrected chi connectivity index (χ0v) is 13.4. The molecule has 0 saturated carbocycles. The second kappa shape index (κ2) is 6.54. The summed E-state index contributed by atoms with van der Waals surface area (Å²) in [4.78, 5) is 28.0. The van der Waals surface area contributed by atoms with Crippen LogP contribution in [0.25, 0.3) is 11.0 Å². The first-order valence-corrected chi connectivity index (χ1v) is 7.47. The van der Waals surface area contributed by atoms with E-state index >= 15 is 0 Å². The molecular weight excluding hydrogens is 306 g/mol. The number of hydrogen-bond acceptors (Lipinski definition) is 4. The number of fused-ring (bicyclic) bond motifs is 1. The molecule has 0 aliphatic rings. The van der Waals surface area contributed by atoms with Crippen LogP contribution in [-0.4, -0.2) is 28.5 Å². The first-order valence-electron chi connectivity index (χ1n) is 7.47. The molecule has 0 atom stereocenters. The summed E-state index contributed by atoms with van der Waals surface area (Å²) in [6, 6.07) is 12.4. The Morgan fingerprint density at radius 2 is 1.92 bits per heavy atom. The van der Waals surface area contributed by atoms with Gasteiger partial charge in [-0.2, -0.15) is 0 Å². The van der Waals surface area contributed by atoms with Gasteiger partial charge in [0.2, 0.25) is 5.91 Å². The topological polar surface area (TPSA) is 73.2 Å². The molecule has 6 nitrogen and oxygen atoms in total. The van der Waals surface area contributed by atoms with E-state index in [-0.39, 0.29) is 12.5 Å². The Morgan fingerprint density at radius 1 is 1.17 bits per heavy atom. The van der Waals surface area contributed by atoms with Gasteiger partial charge in [-0.1, -0.05) is 12.1 Å². The number of hydrogen-bond donors (Lipinski definition) is 1. The number of nitrogens with zero attached hydrogens (tertiary/aromatic N) is 2. The van der Waals surface area contributed by atoms with Crippen molar-refractivity contribution in [3.05, 3.63) is 59.9 Å². The second-order valence-corrected chi connectivity index (χ2v) is 5.43. The number of amides is 1. The molecule has 1 amide bonds. The lowest BCUT2D eigenvalue weighted by Crippen LogP contribution is -2.18. The zero-order valence-electron chi connectivity index (χ0n) is 13.4. The van der Waals surface area contributed by atoms with Crippen molar-refractivity contribution in [2.24, 2.45) is 0 Å². The van der Waals surface area contributed by atoms with E-state index in [2.05, 4.69) is 15.0 Å². The van der Waals surface area contributed by atoms with E-state index in [1.165, 1.54) is 7.11 Å². The molecule has 1 N–H and O–H groups in total. The molecule has 2 aromatic carbocycles. The van der Waals surface area contributed by atoms with Crippen LogP contribution in [0.3, 0.4) is 0 Å². The van der Waals surface area contributed by atoms with Crippen LogP contribution in [0.15, 0.2) is 48.8 Å². The van der Waals surface area contributed by atoms with Gasteiger partial charge in [0.25, 0.3) is 0 Å². The number of carbonyl (C=O) groups excluding carboxylic acids is 2. The summed E-state index contributed by atoms with van der Waals surface area (Å²) < 4.78 is 6.47. The summed E-state index contributed by atoms with van der Waals surface area (Å²) in [5.74, 6) is -0.573. The van der Waals surface area contributed by atoms with Gasteiger partial charge in [0.1, 0.15) is 6.54 Å². The minimum atomic E-state index is -0.409. The van der Waals surface area contributed by atoms with Crippen molar-refractivity contribution in [2.75, 3.05) is 12.4 Å². The van der Waals surface area contributed by atoms with Crippen molar-refractivity contribution in [3.63, 3.8) is 0 Å². The van der Waals surface area contributed by atoms with Crippen LogP contribution in [0.5, 0.6) is 0 Å². The molecule has 0 aliphatic heterocycles. The fourth-order valence-corrected chi connectivity index (χ4v) is 2.59. The fraction of sp³-hybridized carbons (Fsp3) is 0.167. The van der Waals surface area contributed by atoms with Crippen molar-refractivity contribution < 1.29 is 14.3 Å². The van der Waals surface area contributed by atoms with E-state index < -0.39 is 5.97 Å². The quantitative estimate of drug-likeness (QED) is 0.749. The molecule has 0 aliphatic carbocycles. The summed E-state index contributed by atoms with van der Waals surface area (Å²) in [5, 5.41) is 2.81. The summed E-state index contributed by atoms with van der Waals surface area (Å²) in [5.41, 5.74) is 3.94. The molecule has 0 fully saturated rings. The maximum absolute atomic E-state index is 12.3. The monoisotopic (exact) mass is 323 g/mol. The van der Waals surface area contributed by atoms with Crippen LogP contribution in [0.4, 0.5) is 5.69 Å². The Morgan fingerprint density at radius 3 is 2.62 bits per heavy atom. The lowest BCUT2D eigenvalue weighted by Gasteiger charge is -2.08. The number of para-hydroxylation sites is 1. The number of ether oxygens (including phenoxy) is 1. The van der Waals surface area contributed by atoms with Crippen molar-refractivity contribution in [3.8, 4) is 0 Å². The van der Waals surface area contributed by atoms with E-state index in [4.69, 9.17) is 0 Å². The van der Waals surface area contributed by atoms with Crippen molar-refractivity contribution in [2.45, 2.75) is 13.5 Å². The molecule has 6 heteroatoms. The van der Waals surface area contributed by atoms with E-state index in [1.54, 1.807) is 30.6 Å². The predicted molar refractivity (Wildman–Crippen MR) is 90.9 cm³/mol. The third kappa shape index (κ3) is 3.12. The van der Waals surface area contributed by atoms with Gasteiger partial charge in [0.15, 0.2) is 0 Å². The summed E-state index contributed by atoms with van der Waals surface area (Å²) in [6.45, 7) is 2.16. The minimum absolute atomic E-state index is 0.164. The number of anilines is 1. The Bertz CT molecular complexity index is 898. The molecule has 1 aromatic heterocycles. The molecular formula is C18H17N3O3. The molecule has 0 bridgehead atoms. The number of aromatic nitrogens is 2. The number of carbonyl (C=O) groups is 2. The molecule has 3 rings (SSSR count). The first kappa shape index (κ1) is 15.7. The van der Waals surface area contributed by atoms with Gasteiger partial charge >= 0.3 is 5.97 Å². The standard InChI is InChI=1S/C18H17N3O3/c1-12-4-3-5-15-17(12)21(11-19-15)10-16(22)20-14-8-6-13(7-9-14)18(23)24-2/h3-9,11H,10H2,1-2H3,(H,20,22). The lowest BCUT2D eigenvalue weighted by molar-refractivity contribution is -0.116. The maximum Gasteiger partial charge on any atom is 0.337 e. The van der Waals surface area contributed by atoms with Gasteiger partial charge in [-0.15, -0.1) is 0 Å². The number of rotatable bonds is 4. The molecule has 0 saturated heterocycles. The maximum atomic E-state index is 12.3. The summed E-state index contributed by atoms with van der Waals surface area (Å²) >= 11 is 0. The highest BCUT2D eigenvalue weighted by Gasteiger charge is 2.10. The van der Waals surface area contributed by atoms with Crippen LogP contribution in [-0.2, 0) is 16.1 Å². The summed E-state index contributed by atoms with van der Waals surface area (Å²) in [7, 11) is 1.33. The Hall–Kier alpha value is -3.15. The molecule has 0 radical (unpaired) electrons. The highest BCUT2D eigenvalue weighted by Crippen LogP contribution is 2.17. The van der Waals surface area contributed by atoms with Gasteiger partial charge in [0.05, 0.1) is 30.0 Å². The third-order valence-electron chi connectivity index (χ3n) is 3.74. The molecule has 0 unspecified atom stereocenters. The number of esters is 1. The number of benzene rings is 2. The molecule has 24 heavy (non-hydrogen) atoms. The Labute approximate surface area is 139 Å². The average molecular weight is 323 g/mol. The highest BCUT2D eigenvalue weighted by atomic mass is 16.5. The van der Waals surface area contributed by atoms with Crippen molar-refractivity contribution in [1.29, 1.82) is 0 Å². The van der Waals surface area contributed by atoms with Gasteiger partial charge in [-0.25, -0.2) is 9.78 Å². The molecule has 1 heterocycles. The highest BCUT2D eigenvalue weighted by molar-refractivity contribution is 5.93. The number of nitrogens with one attached hydrogen (secondary N) is 1. The van der Waals surface area contributed by atoms with Crippen LogP contribution >= 0.6 is 0 Å². The minimum Gasteiger partial charge on any atom is -0.465 e. The van der Waals surface area contributed by atoms with Crippen LogP contribution in [0.2, 0.25) is 0 Å².